The fraction of sp³-hybridized carbons (Fsp3) is 0.417. The molecule has 3 nitrogen and oxygen atoms in total. The van der Waals surface area contributed by atoms with Gasteiger partial charge >= 0.3 is 0 Å². The number of nitriles is 1. The number of fused-ring (bicyclic) bond motifs is 1. The predicted octanol–water partition coefficient (Wildman–Crippen LogP) is 1.93. The van der Waals surface area contributed by atoms with Crippen LogP contribution in [0.1, 0.15) is 30.0 Å². The summed E-state index contributed by atoms with van der Waals surface area (Å²) in [5.74, 6) is 0.768. The monoisotopic (exact) mass is 202 g/mol. The van der Waals surface area contributed by atoms with Gasteiger partial charge < -0.3 is 10.5 Å². The number of benzene rings is 1. The lowest BCUT2D eigenvalue weighted by Crippen LogP contribution is -2.17. The van der Waals surface area contributed by atoms with Crippen LogP contribution in [0.5, 0.6) is 5.75 Å². The summed E-state index contributed by atoms with van der Waals surface area (Å²) in [6.07, 6.45) is 3.26. The average Bonchev–Trinajstić information content (AvgIpc) is 2.26. The molecule has 78 valence electrons. The first-order valence-corrected chi connectivity index (χ1v) is 5.19. The minimum absolute atomic E-state index is 0.102. The zero-order chi connectivity index (χ0) is 10.7. The first-order valence-electron chi connectivity index (χ1n) is 5.19. The Morgan fingerprint density at radius 1 is 1.53 bits per heavy atom. The van der Waals surface area contributed by atoms with Crippen LogP contribution in [0.15, 0.2) is 18.2 Å². The Morgan fingerprint density at radius 2 is 2.40 bits per heavy atom. The summed E-state index contributed by atoms with van der Waals surface area (Å²) in [5, 5.41) is 8.41. The molecule has 0 saturated heterocycles. The Labute approximate surface area is 89.5 Å². The summed E-state index contributed by atoms with van der Waals surface area (Å²) >= 11 is 0. The van der Waals surface area contributed by atoms with Gasteiger partial charge in [0.15, 0.2) is 6.61 Å². The van der Waals surface area contributed by atoms with Gasteiger partial charge in [-0.3, -0.25) is 0 Å². The molecule has 0 amide bonds. The van der Waals surface area contributed by atoms with Crippen molar-refractivity contribution >= 4 is 0 Å². The summed E-state index contributed by atoms with van der Waals surface area (Å²) in [7, 11) is 0. The fourth-order valence-electron chi connectivity index (χ4n) is 2.03. The van der Waals surface area contributed by atoms with Gasteiger partial charge in [0, 0.05) is 6.04 Å². The van der Waals surface area contributed by atoms with Gasteiger partial charge in [-0.05, 0) is 42.5 Å². The molecule has 0 aliphatic heterocycles. The van der Waals surface area contributed by atoms with E-state index in [9.17, 15) is 0 Å². The van der Waals surface area contributed by atoms with Crippen LogP contribution in [0.4, 0.5) is 0 Å². The van der Waals surface area contributed by atoms with Crippen molar-refractivity contribution in [3.63, 3.8) is 0 Å². The van der Waals surface area contributed by atoms with Crippen LogP contribution in [0.2, 0.25) is 0 Å². The van der Waals surface area contributed by atoms with E-state index in [2.05, 4.69) is 0 Å². The molecule has 15 heavy (non-hydrogen) atoms. The number of hydrogen-bond donors (Lipinski definition) is 1. The number of nitrogens with two attached hydrogens (primary N) is 1. The summed E-state index contributed by atoms with van der Waals surface area (Å²) in [5.41, 5.74) is 8.50. The van der Waals surface area contributed by atoms with Crippen LogP contribution < -0.4 is 10.5 Å². The molecule has 2 rings (SSSR count). The second kappa shape index (κ2) is 4.33. The van der Waals surface area contributed by atoms with Crippen LogP contribution in [0.3, 0.4) is 0 Å². The van der Waals surface area contributed by atoms with E-state index in [4.69, 9.17) is 15.7 Å². The van der Waals surface area contributed by atoms with Crippen molar-refractivity contribution in [1.29, 1.82) is 5.26 Å². The molecule has 0 bridgehead atoms. The van der Waals surface area contributed by atoms with E-state index in [-0.39, 0.29) is 12.6 Å². The largest absolute Gasteiger partial charge is 0.479 e. The smallest absolute Gasteiger partial charge is 0.174 e. The highest BCUT2D eigenvalue weighted by Gasteiger charge is 2.16. The molecule has 1 aromatic rings. The zero-order valence-corrected chi connectivity index (χ0v) is 8.57. The quantitative estimate of drug-likeness (QED) is 0.797. The standard InChI is InChI=1S/C12H14N2O/c13-6-7-15-10-4-5-11-9(8-10)2-1-3-12(11)14/h4-5,8,12H,1-3,7,14H2. The highest BCUT2D eigenvalue weighted by atomic mass is 16.5. The topological polar surface area (TPSA) is 59.0 Å². The Kier molecular flexibility index (Phi) is 2.89. The molecule has 1 atom stereocenters. The van der Waals surface area contributed by atoms with Crippen LogP contribution in [0.25, 0.3) is 0 Å². The third-order valence-electron chi connectivity index (χ3n) is 2.78. The molecule has 0 radical (unpaired) electrons. The third-order valence-corrected chi connectivity index (χ3v) is 2.78. The molecular formula is C12H14N2O. The van der Waals surface area contributed by atoms with Gasteiger partial charge in [0.2, 0.25) is 0 Å². The fourth-order valence-corrected chi connectivity index (χ4v) is 2.03. The minimum atomic E-state index is 0.102. The zero-order valence-electron chi connectivity index (χ0n) is 8.57. The van der Waals surface area contributed by atoms with Crippen LogP contribution in [0, 0.1) is 11.3 Å². The highest BCUT2D eigenvalue weighted by molar-refractivity contribution is 5.38. The molecule has 0 saturated carbocycles. The Morgan fingerprint density at radius 3 is 3.20 bits per heavy atom. The minimum Gasteiger partial charge on any atom is -0.479 e. The molecule has 1 aromatic carbocycles. The van der Waals surface area contributed by atoms with Crippen LogP contribution in [-0.4, -0.2) is 6.61 Å². The highest BCUT2D eigenvalue weighted by Crippen LogP contribution is 2.30. The van der Waals surface area contributed by atoms with Crippen molar-refractivity contribution < 1.29 is 4.74 Å². The molecular weight excluding hydrogens is 188 g/mol. The SMILES string of the molecule is N#CCOc1ccc2c(c1)CCCC2N. The van der Waals surface area contributed by atoms with Crippen LogP contribution >= 0.6 is 0 Å². The number of nitrogens with zero attached hydrogens (tertiary/aromatic N) is 1. The second-order valence-corrected chi connectivity index (χ2v) is 3.81. The van der Waals surface area contributed by atoms with Gasteiger partial charge in [-0.2, -0.15) is 5.26 Å². The van der Waals surface area contributed by atoms with E-state index in [1.54, 1.807) is 0 Å². The molecule has 0 heterocycles. The van der Waals surface area contributed by atoms with Crippen molar-refractivity contribution in [2.75, 3.05) is 6.61 Å². The Bertz CT molecular complexity index is 395. The second-order valence-electron chi connectivity index (χ2n) is 3.81. The van der Waals surface area contributed by atoms with Gasteiger partial charge in [-0.15, -0.1) is 0 Å². The van der Waals surface area contributed by atoms with Crippen molar-refractivity contribution in [2.24, 2.45) is 5.73 Å². The summed E-state index contributed by atoms with van der Waals surface area (Å²) in [4.78, 5) is 0. The van der Waals surface area contributed by atoms with Crippen LogP contribution in [-0.2, 0) is 6.42 Å². The number of hydrogen-bond acceptors (Lipinski definition) is 3. The van der Waals surface area contributed by atoms with Crippen molar-refractivity contribution in [3.05, 3.63) is 29.3 Å². The van der Waals surface area contributed by atoms with Crippen molar-refractivity contribution in [1.82, 2.24) is 0 Å². The lowest BCUT2D eigenvalue weighted by Gasteiger charge is -2.22. The summed E-state index contributed by atoms with van der Waals surface area (Å²) < 4.78 is 5.25. The summed E-state index contributed by atoms with van der Waals surface area (Å²) in [6, 6.07) is 8.04. The van der Waals surface area contributed by atoms with E-state index in [1.165, 1.54) is 11.1 Å². The maximum Gasteiger partial charge on any atom is 0.174 e. The van der Waals surface area contributed by atoms with Crippen molar-refractivity contribution in [3.8, 4) is 11.8 Å². The maximum absolute atomic E-state index is 8.41. The van der Waals surface area contributed by atoms with Gasteiger partial charge in [0.1, 0.15) is 11.8 Å². The molecule has 1 unspecified atom stereocenters. The predicted molar refractivity (Wildman–Crippen MR) is 57.4 cm³/mol. The molecule has 1 aliphatic rings. The molecule has 2 N–H and O–H groups in total. The number of ether oxygens (including phenoxy) is 1. The molecule has 0 fully saturated rings. The molecule has 1 aliphatic carbocycles. The van der Waals surface area contributed by atoms with E-state index < -0.39 is 0 Å². The van der Waals surface area contributed by atoms with E-state index in [1.807, 2.05) is 24.3 Å². The Hall–Kier alpha value is -1.53. The van der Waals surface area contributed by atoms with Gasteiger partial charge in [0.05, 0.1) is 0 Å². The van der Waals surface area contributed by atoms with E-state index in [0.717, 1.165) is 25.0 Å². The van der Waals surface area contributed by atoms with Gasteiger partial charge in [-0.1, -0.05) is 6.07 Å². The number of rotatable bonds is 2. The molecule has 0 spiro atoms. The number of aryl methyl sites for hydroxylation is 1. The first-order chi connectivity index (χ1) is 7.31. The maximum atomic E-state index is 8.41. The lowest BCUT2D eigenvalue weighted by molar-refractivity contribution is 0.367. The van der Waals surface area contributed by atoms with E-state index >= 15 is 0 Å². The molecule has 3 heteroatoms. The summed E-state index contributed by atoms with van der Waals surface area (Å²) in [6.45, 7) is 0.102. The molecule has 0 aromatic heterocycles. The van der Waals surface area contributed by atoms with Gasteiger partial charge in [-0.25, -0.2) is 0 Å². The normalized spacial score (nSPS) is 19.1. The van der Waals surface area contributed by atoms with E-state index in [0.29, 0.717) is 0 Å². The lowest BCUT2D eigenvalue weighted by atomic mass is 9.88. The Balaban J connectivity index is 2.22. The third kappa shape index (κ3) is 2.11. The van der Waals surface area contributed by atoms with Gasteiger partial charge in [0.25, 0.3) is 0 Å². The average molecular weight is 202 g/mol. The van der Waals surface area contributed by atoms with Crippen molar-refractivity contribution in [2.45, 2.75) is 25.3 Å². The first kappa shape index (κ1) is 10.0.